The Labute approximate surface area is 274 Å². The van der Waals surface area contributed by atoms with E-state index in [1.165, 1.54) is 66.6 Å². The number of halogens is 2. The van der Waals surface area contributed by atoms with E-state index in [0.29, 0.717) is 24.3 Å². The number of amides is 2. The van der Waals surface area contributed by atoms with Gasteiger partial charge in [-0.3, -0.25) is 13.9 Å². The van der Waals surface area contributed by atoms with Crippen LogP contribution >= 0.6 is 11.6 Å². The zero-order valence-electron chi connectivity index (χ0n) is 26.0. The second kappa shape index (κ2) is 15.7. The van der Waals surface area contributed by atoms with Crippen molar-refractivity contribution in [3.8, 4) is 5.75 Å². The first-order valence-corrected chi connectivity index (χ1v) is 16.6. The first-order valence-electron chi connectivity index (χ1n) is 14.8. The van der Waals surface area contributed by atoms with Crippen molar-refractivity contribution in [1.29, 1.82) is 0 Å². The molecule has 2 amide bonds. The molecule has 0 aliphatic carbocycles. The Balaban J connectivity index is 1.81. The lowest BCUT2D eigenvalue weighted by Gasteiger charge is -2.34. The van der Waals surface area contributed by atoms with Gasteiger partial charge >= 0.3 is 0 Å². The monoisotopic (exact) mass is 665 g/mol. The highest BCUT2D eigenvalue weighted by Crippen LogP contribution is 2.32. The molecule has 0 bridgehead atoms. The predicted octanol–water partition coefficient (Wildman–Crippen LogP) is 6.16. The van der Waals surface area contributed by atoms with E-state index < -0.39 is 34.3 Å². The molecular weight excluding hydrogens is 629 g/mol. The lowest BCUT2D eigenvalue weighted by atomic mass is 10.0. The molecule has 11 heteroatoms. The molecule has 46 heavy (non-hydrogen) atoms. The number of anilines is 1. The van der Waals surface area contributed by atoms with Gasteiger partial charge in [-0.05, 0) is 66.9 Å². The molecule has 0 spiro atoms. The predicted molar refractivity (Wildman–Crippen MR) is 178 cm³/mol. The van der Waals surface area contributed by atoms with E-state index in [-0.39, 0.29) is 34.5 Å². The van der Waals surface area contributed by atoms with Crippen LogP contribution < -0.4 is 14.4 Å². The van der Waals surface area contributed by atoms with E-state index in [1.807, 2.05) is 44.2 Å². The molecule has 0 aromatic heterocycles. The summed E-state index contributed by atoms with van der Waals surface area (Å²) in [4.78, 5) is 29.5. The fourth-order valence-corrected chi connectivity index (χ4v) is 6.54. The Morgan fingerprint density at radius 3 is 2.22 bits per heavy atom. The highest BCUT2D eigenvalue weighted by molar-refractivity contribution is 7.92. The van der Waals surface area contributed by atoms with Crippen LogP contribution in [0.1, 0.15) is 30.0 Å². The molecule has 4 aromatic carbocycles. The van der Waals surface area contributed by atoms with Gasteiger partial charge in [0, 0.05) is 19.5 Å². The Kier molecular flexibility index (Phi) is 11.8. The SMILES string of the molecule is CCCNC(=O)[C@H](Cc1ccccc1)N(Cc1ccc(F)cc1)C(=O)CN(c1ccc(OC)c(Cl)c1)S(=O)(=O)c1ccc(C)cc1. The number of hydrogen-bond donors (Lipinski definition) is 1. The zero-order valence-corrected chi connectivity index (χ0v) is 27.5. The largest absolute Gasteiger partial charge is 0.495 e. The van der Waals surface area contributed by atoms with Gasteiger partial charge in [-0.2, -0.15) is 0 Å². The summed E-state index contributed by atoms with van der Waals surface area (Å²) in [6.07, 6.45) is 0.846. The smallest absolute Gasteiger partial charge is 0.264 e. The molecule has 0 unspecified atom stereocenters. The third kappa shape index (κ3) is 8.64. The Morgan fingerprint density at radius 2 is 1.61 bits per heavy atom. The maximum atomic E-state index is 14.5. The van der Waals surface area contributed by atoms with Gasteiger partial charge in [0.05, 0.1) is 22.7 Å². The normalized spacial score (nSPS) is 11.8. The Bertz CT molecular complexity index is 1740. The minimum absolute atomic E-state index is 0.0237. The van der Waals surface area contributed by atoms with Gasteiger partial charge in [-0.25, -0.2) is 12.8 Å². The Morgan fingerprint density at radius 1 is 0.935 bits per heavy atom. The van der Waals surface area contributed by atoms with Crippen LogP contribution in [-0.4, -0.2) is 51.4 Å². The minimum Gasteiger partial charge on any atom is -0.495 e. The van der Waals surface area contributed by atoms with Crippen LogP contribution in [0.4, 0.5) is 10.1 Å². The van der Waals surface area contributed by atoms with E-state index in [2.05, 4.69) is 5.32 Å². The average molecular weight is 666 g/mol. The number of rotatable bonds is 14. The van der Waals surface area contributed by atoms with E-state index in [1.54, 1.807) is 12.1 Å². The van der Waals surface area contributed by atoms with Crippen molar-refractivity contribution in [1.82, 2.24) is 10.2 Å². The number of sulfonamides is 1. The molecule has 0 saturated carbocycles. The molecule has 0 fully saturated rings. The van der Waals surface area contributed by atoms with Crippen LogP contribution in [0.25, 0.3) is 0 Å². The van der Waals surface area contributed by atoms with E-state index in [4.69, 9.17) is 16.3 Å². The van der Waals surface area contributed by atoms with Crippen LogP contribution in [0.2, 0.25) is 5.02 Å². The van der Waals surface area contributed by atoms with Gasteiger partial charge in [0.1, 0.15) is 24.2 Å². The lowest BCUT2D eigenvalue weighted by molar-refractivity contribution is -0.140. The van der Waals surface area contributed by atoms with Crippen molar-refractivity contribution in [3.05, 3.63) is 125 Å². The number of hydrogen-bond acceptors (Lipinski definition) is 5. The average Bonchev–Trinajstić information content (AvgIpc) is 3.05. The van der Waals surface area contributed by atoms with Gasteiger partial charge < -0.3 is 15.0 Å². The van der Waals surface area contributed by atoms with Crippen LogP contribution in [0.15, 0.2) is 102 Å². The highest BCUT2D eigenvalue weighted by Gasteiger charge is 2.34. The fourth-order valence-electron chi connectivity index (χ4n) is 4.88. The van der Waals surface area contributed by atoms with Gasteiger partial charge in [0.25, 0.3) is 10.0 Å². The van der Waals surface area contributed by atoms with Gasteiger partial charge in [-0.1, -0.05) is 78.7 Å². The quantitative estimate of drug-likeness (QED) is 0.174. The topological polar surface area (TPSA) is 96.0 Å². The molecule has 4 aromatic rings. The van der Waals surface area contributed by atoms with E-state index in [0.717, 1.165) is 15.4 Å². The first-order chi connectivity index (χ1) is 22.0. The molecule has 4 rings (SSSR count). The maximum Gasteiger partial charge on any atom is 0.264 e. The summed E-state index contributed by atoms with van der Waals surface area (Å²) >= 11 is 6.42. The van der Waals surface area contributed by atoms with Crippen molar-refractivity contribution in [3.63, 3.8) is 0 Å². The minimum atomic E-state index is -4.30. The second-order valence-corrected chi connectivity index (χ2v) is 13.1. The molecule has 0 aliphatic heterocycles. The second-order valence-electron chi connectivity index (χ2n) is 10.8. The summed E-state index contributed by atoms with van der Waals surface area (Å²) in [6, 6.07) is 24.6. The number of aryl methyl sites for hydroxylation is 1. The summed E-state index contributed by atoms with van der Waals surface area (Å²) in [7, 11) is -2.86. The highest BCUT2D eigenvalue weighted by atomic mass is 35.5. The van der Waals surface area contributed by atoms with Gasteiger partial charge in [-0.15, -0.1) is 0 Å². The summed E-state index contributed by atoms with van der Waals surface area (Å²) < 4.78 is 48.4. The lowest BCUT2D eigenvalue weighted by Crippen LogP contribution is -2.53. The molecule has 0 radical (unpaired) electrons. The van der Waals surface area contributed by atoms with Crippen LogP contribution in [0.3, 0.4) is 0 Å². The van der Waals surface area contributed by atoms with Gasteiger partial charge in [0.15, 0.2) is 0 Å². The summed E-state index contributed by atoms with van der Waals surface area (Å²) in [5, 5.41) is 3.05. The molecule has 0 heterocycles. The number of nitrogens with zero attached hydrogens (tertiary/aromatic N) is 2. The van der Waals surface area contributed by atoms with Crippen molar-refractivity contribution in [2.75, 3.05) is 24.5 Å². The van der Waals surface area contributed by atoms with Crippen molar-refractivity contribution in [2.24, 2.45) is 0 Å². The van der Waals surface area contributed by atoms with Crippen LogP contribution in [-0.2, 0) is 32.6 Å². The Hall–Kier alpha value is -4.41. The first kappa shape index (κ1) is 34.5. The van der Waals surface area contributed by atoms with Crippen molar-refractivity contribution < 1.29 is 27.1 Å². The number of carbonyl (C=O) groups excluding carboxylic acids is 2. The number of methoxy groups -OCH3 is 1. The molecule has 8 nitrogen and oxygen atoms in total. The standard InChI is InChI=1S/C35H37ClFN3O5S/c1-4-20-38-35(42)32(21-26-8-6-5-7-9-26)39(23-27-12-14-28(37)15-13-27)34(41)24-40(29-16-19-33(45-3)31(36)22-29)46(43,44)30-17-10-25(2)11-18-30/h5-19,22,32H,4,20-21,23-24H2,1-3H3,(H,38,42)/t32-/m0/s1. The van der Waals surface area contributed by atoms with Crippen LogP contribution in [0.5, 0.6) is 5.75 Å². The van der Waals surface area contributed by atoms with Crippen molar-refractivity contribution in [2.45, 2.75) is 44.2 Å². The fraction of sp³-hybridized carbons (Fsp3) is 0.257. The maximum absolute atomic E-state index is 14.5. The zero-order chi connectivity index (χ0) is 33.3. The molecule has 242 valence electrons. The number of nitrogens with one attached hydrogen (secondary N) is 1. The number of ether oxygens (including phenoxy) is 1. The number of benzene rings is 4. The van der Waals surface area contributed by atoms with E-state index in [9.17, 15) is 22.4 Å². The molecule has 0 aliphatic rings. The molecule has 1 atom stereocenters. The molecular formula is C35H37ClFN3O5S. The third-order valence-corrected chi connectivity index (χ3v) is 9.48. The number of carbonyl (C=O) groups is 2. The van der Waals surface area contributed by atoms with Crippen molar-refractivity contribution >= 4 is 39.1 Å². The third-order valence-electron chi connectivity index (χ3n) is 7.40. The van der Waals surface area contributed by atoms with Crippen LogP contribution in [0, 0.1) is 12.7 Å². The molecule has 1 N–H and O–H groups in total. The van der Waals surface area contributed by atoms with E-state index >= 15 is 0 Å². The summed E-state index contributed by atoms with van der Waals surface area (Å²) in [5.41, 5.74) is 2.37. The van der Waals surface area contributed by atoms with Gasteiger partial charge in [0.2, 0.25) is 11.8 Å². The summed E-state index contributed by atoms with van der Waals surface area (Å²) in [5.74, 6) is -1.14. The summed E-state index contributed by atoms with van der Waals surface area (Å²) in [6.45, 7) is 3.43. The molecule has 0 saturated heterocycles.